The summed E-state index contributed by atoms with van der Waals surface area (Å²) in [4.78, 5) is 11.9. The molecule has 2 heterocycles. The Hall–Kier alpha value is -2.57. The Balaban J connectivity index is 2.68. The van der Waals surface area contributed by atoms with E-state index in [1.807, 2.05) is 0 Å². The van der Waals surface area contributed by atoms with E-state index in [1.165, 1.54) is 7.11 Å². The third-order valence-electron chi connectivity index (χ3n) is 2.21. The van der Waals surface area contributed by atoms with E-state index >= 15 is 0 Å². The number of nitrogens with zero attached hydrogens (tertiary/aromatic N) is 3. The number of ether oxygens (including phenoxy) is 1. The van der Waals surface area contributed by atoms with Crippen LogP contribution in [0.5, 0.6) is 5.88 Å². The van der Waals surface area contributed by atoms with Crippen LogP contribution in [0.25, 0.3) is 11.3 Å². The van der Waals surface area contributed by atoms with Crippen molar-refractivity contribution in [2.24, 2.45) is 0 Å². The van der Waals surface area contributed by atoms with Gasteiger partial charge in [-0.05, 0) is 12.1 Å². The number of hydrogen-bond donors (Lipinski definition) is 3. The molecule has 0 amide bonds. The van der Waals surface area contributed by atoms with E-state index in [2.05, 4.69) is 15.0 Å². The summed E-state index contributed by atoms with van der Waals surface area (Å²) in [6.45, 7) is 0. The Morgan fingerprint density at radius 3 is 2.65 bits per heavy atom. The van der Waals surface area contributed by atoms with E-state index in [1.54, 1.807) is 18.3 Å². The summed E-state index contributed by atoms with van der Waals surface area (Å²) in [5.74, 6) is 0.590. The van der Waals surface area contributed by atoms with Crippen molar-refractivity contribution in [3.8, 4) is 17.1 Å². The zero-order chi connectivity index (χ0) is 12.4. The van der Waals surface area contributed by atoms with Gasteiger partial charge in [-0.15, -0.1) is 0 Å². The van der Waals surface area contributed by atoms with Crippen molar-refractivity contribution in [1.82, 2.24) is 15.0 Å². The van der Waals surface area contributed by atoms with Crippen LogP contribution in [0, 0.1) is 0 Å². The van der Waals surface area contributed by atoms with Gasteiger partial charge < -0.3 is 21.9 Å². The van der Waals surface area contributed by atoms with E-state index in [0.29, 0.717) is 17.1 Å². The van der Waals surface area contributed by atoms with E-state index in [0.717, 1.165) is 0 Å². The third kappa shape index (κ3) is 1.89. The molecule has 0 aliphatic carbocycles. The molecule has 0 saturated carbocycles. The zero-order valence-electron chi connectivity index (χ0n) is 9.21. The molecular weight excluding hydrogens is 220 g/mol. The summed E-state index contributed by atoms with van der Waals surface area (Å²) in [6.07, 6.45) is 1.60. The summed E-state index contributed by atoms with van der Waals surface area (Å²) < 4.78 is 5.13. The van der Waals surface area contributed by atoms with E-state index in [9.17, 15) is 0 Å². The molecule has 2 aromatic heterocycles. The molecular formula is C10H12N6O. The van der Waals surface area contributed by atoms with Gasteiger partial charge in [-0.3, -0.25) is 0 Å². The van der Waals surface area contributed by atoms with Crippen LogP contribution in [-0.2, 0) is 0 Å². The highest BCUT2D eigenvalue weighted by molar-refractivity contribution is 5.82. The SMILES string of the molecule is COc1ncccc1-c1nc(N)nc(N)c1N. The molecule has 0 aromatic carbocycles. The minimum absolute atomic E-state index is 0.0533. The van der Waals surface area contributed by atoms with Crippen molar-refractivity contribution in [1.29, 1.82) is 0 Å². The van der Waals surface area contributed by atoms with Crippen molar-refractivity contribution in [2.45, 2.75) is 0 Å². The molecule has 0 fully saturated rings. The molecule has 2 rings (SSSR count). The summed E-state index contributed by atoms with van der Waals surface area (Å²) in [6, 6.07) is 3.51. The van der Waals surface area contributed by atoms with Crippen LogP contribution in [0.4, 0.5) is 17.5 Å². The lowest BCUT2D eigenvalue weighted by molar-refractivity contribution is 0.399. The monoisotopic (exact) mass is 232 g/mol. The Bertz CT molecular complexity index is 556. The van der Waals surface area contributed by atoms with Crippen LogP contribution in [0.1, 0.15) is 0 Å². The maximum Gasteiger partial charge on any atom is 0.222 e. The zero-order valence-corrected chi connectivity index (χ0v) is 9.21. The highest BCUT2D eigenvalue weighted by Crippen LogP contribution is 2.32. The summed E-state index contributed by atoms with van der Waals surface area (Å²) in [5.41, 5.74) is 18.3. The second-order valence-electron chi connectivity index (χ2n) is 3.29. The molecule has 2 aromatic rings. The van der Waals surface area contributed by atoms with Crippen LogP contribution in [0.2, 0.25) is 0 Å². The van der Waals surface area contributed by atoms with Gasteiger partial charge in [-0.1, -0.05) is 0 Å². The first-order valence-electron chi connectivity index (χ1n) is 4.81. The van der Waals surface area contributed by atoms with Gasteiger partial charge in [0.05, 0.1) is 12.7 Å². The highest BCUT2D eigenvalue weighted by Gasteiger charge is 2.14. The molecule has 17 heavy (non-hydrogen) atoms. The van der Waals surface area contributed by atoms with Gasteiger partial charge in [0.15, 0.2) is 5.82 Å². The molecule has 0 aliphatic heterocycles. The van der Waals surface area contributed by atoms with Crippen LogP contribution in [-0.4, -0.2) is 22.1 Å². The van der Waals surface area contributed by atoms with Crippen LogP contribution < -0.4 is 21.9 Å². The van der Waals surface area contributed by atoms with Gasteiger partial charge in [0, 0.05) is 6.20 Å². The molecule has 0 spiro atoms. The van der Waals surface area contributed by atoms with Crippen LogP contribution >= 0.6 is 0 Å². The number of nitrogen functional groups attached to an aromatic ring is 3. The topological polar surface area (TPSA) is 126 Å². The Morgan fingerprint density at radius 2 is 1.94 bits per heavy atom. The number of nitrogens with two attached hydrogens (primary N) is 3. The smallest absolute Gasteiger partial charge is 0.222 e. The van der Waals surface area contributed by atoms with Crippen LogP contribution in [0.15, 0.2) is 18.3 Å². The summed E-state index contributed by atoms with van der Waals surface area (Å²) in [7, 11) is 1.51. The molecule has 0 atom stereocenters. The van der Waals surface area contributed by atoms with Crippen LogP contribution in [0.3, 0.4) is 0 Å². The Morgan fingerprint density at radius 1 is 1.18 bits per heavy atom. The predicted octanol–water partition coefficient (Wildman–Crippen LogP) is 0.294. The molecule has 0 radical (unpaired) electrons. The third-order valence-corrected chi connectivity index (χ3v) is 2.21. The molecule has 0 unspecified atom stereocenters. The molecule has 6 N–H and O–H groups in total. The maximum atomic E-state index is 5.82. The number of rotatable bonds is 2. The molecule has 0 saturated heterocycles. The number of anilines is 3. The van der Waals surface area contributed by atoms with Gasteiger partial charge in [0.2, 0.25) is 11.8 Å². The second kappa shape index (κ2) is 4.12. The fourth-order valence-electron chi connectivity index (χ4n) is 1.44. The van der Waals surface area contributed by atoms with E-state index < -0.39 is 0 Å². The first-order valence-corrected chi connectivity index (χ1v) is 4.81. The molecule has 88 valence electrons. The average Bonchev–Trinajstić information content (AvgIpc) is 2.33. The molecule has 0 aliphatic rings. The van der Waals surface area contributed by atoms with Crippen molar-refractivity contribution in [2.75, 3.05) is 24.3 Å². The quantitative estimate of drug-likeness (QED) is 0.679. The van der Waals surface area contributed by atoms with Gasteiger partial charge in [-0.25, -0.2) is 9.97 Å². The highest BCUT2D eigenvalue weighted by atomic mass is 16.5. The van der Waals surface area contributed by atoms with Gasteiger partial charge >= 0.3 is 0 Å². The van der Waals surface area contributed by atoms with Crippen molar-refractivity contribution in [3.63, 3.8) is 0 Å². The number of aromatic nitrogens is 3. The minimum Gasteiger partial charge on any atom is -0.481 e. The minimum atomic E-state index is 0.0533. The summed E-state index contributed by atoms with van der Waals surface area (Å²) >= 11 is 0. The van der Waals surface area contributed by atoms with Gasteiger partial charge in [0.25, 0.3) is 0 Å². The van der Waals surface area contributed by atoms with Crippen molar-refractivity contribution in [3.05, 3.63) is 18.3 Å². The normalized spacial score (nSPS) is 10.2. The lowest BCUT2D eigenvalue weighted by atomic mass is 10.1. The first kappa shape index (κ1) is 10.9. The maximum absolute atomic E-state index is 5.82. The molecule has 7 heteroatoms. The average molecular weight is 232 g/mol. The summed E-state index contributed by atoms with van der Waals surface area (Å²) in [5, 5.41) is 0. The molecule has 7 nitrogen and oxygen atoms in total. The van der Waals surface area contributed by atoms with Gasteiger partial charge in [-0.2, -0.15) is 4.98 Å². The number of pyridine rings is 1. The first-order chi connectivity index (χ1) is 8.13. The van der Waals surface area contributed by atoms with Crippen molar-refractivity contribution < 1.29 is 4.74 Å². The lowest BCUT2D eigenvalue weighted by Gasteiger charge is -2.10. The van der Waals surface area contributed by atoms with Crippen molar-refractivity contribution >= 4 is 17.5 Å². The largest absolute Gasteiger partial charge is 0.481 e. The second-order valence-corrected chi connectivity index (χ2v) is 3.29. The van der Waals surface area contributed by atoms with E-state index in [-0.39, 0.29) is 17.5 Å². The fraction of sp³-hybridized carbons (Fsp3) is 0.100. The number of methoxy groups -OCH3 is 1. The number of hydrogen-bond acceptors (Lipinski definition) is 7. The Kier molecular flexibility index (Phi) is 2.65. The fourth-order valence-corrected chi connectivity index (χ4v) is 1.44. The van der Waals surface area contributed by atoms with Gasteiger partial charge in [0.1, 0.15) is 11.4 Å². The Labute approximate surface area is 97.6 Å². The molecule has 0 bridgehead atoms. The lowest BCUT2D eigenvalue weighted by Crippen LogP contribution is -2.07. The predicted molar refractivity (Wildman–Crippen MR) is 65.1 cm³/mol. The van der Waals surface area contributed by atoms with E-state index in [4.69, 9.17) is 21.9 Å². The standard InChI is InChI=1S/C10H12N6O/c1-17-9-5(3-2-4-14-9)7-6(11)8(12)16-10(13)15-7/h2-4H,11H2,1H3,(H4,12,13,15,16).